The Bertz CT molecular complexity index is 379. The number of hydrogen-bond donors (Lipinski definition) is 0. The molecular weight excluding hydrogens is 179 g/mol. The number of nitro benzene ring substituents is 1. The fourth-order valence-corrected chi connectivity index (χ4v) is 0.774. The van der Waals surface area contributed by atoms with Crippen molar-refractivity contribution in [3.8, 4) is 0 Å². The van der Waals surface area contributed by atoms with E-state index in [4.69, 9.17) is 5.53 Å². The summed E-state index contributed by atoms with van der Waals surface area (Å²) in [6, 6.07) is 2.64. The Hall–Kier alpha value is -2.14. The summed E-state index contributed by atoms with van der Waals surface area (Å²) in [5, 5.41) is 13.3. The lowest BCUT2D eigenvalue weighted by Crippen LogP contribution is -1.88. The van der Waals surface area contributed by atoms with Gasteiger partial charge < -0.3 is 0 Å². The molecule has 0 aliphatic rings. The number of nitrogens with zero attached hydrogens (tertiary/aromatic N) is 4. The lowest BCUT2D eigenvalue weighted by atomic mass is 10.3. The Balaban J connectivity index is 3.26. The van der Waals surface area contributed by atoms with Crippen LogP contribution in [-0.2, 0) is 0 Å². The zero-order valence-corrected chi connectivity index (χ0v) is 6.22. The lowest BCUT2D eigenvalue weighted by Gasteiger charge is -1.93. The quantitative estimate of drug-likeness (QED) is 0.231. The molecule has 0 N–H and O–H groups in total. The Morgan fingerprint density at radius 3 is 2.77 bits per heavy atom. The third kappa shape index (κ3) is 2.14. The molecule has 0 heterocycles. The Labute approximate surface area is 71.4 Å². The van der Waals surface area contributed by atoms with Crippen LogP contribution in [0.4, 0.5) is 15.8 Å². The smallest absolute Gasteiger partial charge is 0.258 e. The maximum absolute atomic E-state index is 12.6. The molecule has 0 saturated carbocycles. The first-order valence-corrected chi connectivity index (χ1v) is 3.13. The Morgan fingerprint density at radius 2 is 2.23 bits per heavy atom. The summed E-state index contributed by atoms with van der Waals surface area (Å²) in [6.07, 6.45) is 0. The van der Waals surface area contributed by atoms with Crippen molar-refractivity contribution in [1.82, 2.24) is 0 Å². The summed E-state index contributed by atoms with van der Waals surface area (Å²) in [5.41, 5.74) is 7.45. The topological polar surface area (TPSA) is 91.9 Å². The van der Waals surface area contributed by atoms with Crippen molar-refractivity contribution < 1.29 is 9.31 Å². The highest BCUT2D eigenvalue weighted by Crippen LogP contribution is 2.22. The van der Waals surface area contributed by atoms with Crippen LogP contribution < -0.4 is 0 Å². The molecule has 0 unspecified atom stereocenters. The molecule has 1 aromatic rings. The lowest BCUT2D eigenvalue weighted by molar-refractivity contribution is -0.385. The SMILES string of the molecule is [N-]=[N+]=Nc1cc(F)cc([N+](=O)[O-])c1. The molecule has 0 fully saturated rings. The minimum atomic E-state index is -0.809. The summed E-state index contributed by atoms with van der Waals surface area (Å²) in [7, 11) is 0. The van der Waals surface area contributed by atoms with Gasteiger partial charge in [-0.1, -0.05) is 5.11 Å². The van der Waals surface area contributed by atoms with E-state index in [0.29, 0.717) is 0 Å². The van der Waals surface area contributed by atoms with Crippen LogP contribution in [0.1, 0.15) is 0 Å². The van der Waals surface area contributed by atoms with E-state index in [2.05, 4.69) is 10.0 Å². The standard InChI is InChI=1S/C6H3FN4O2/c7-4-1-5(9-10-8)3-6(2-4)11(12)13/h1-3H. The molecule has 1 aromatic carbocycles. The first-order valence-electron chi connectivity index (χ1n) is 3.13. The van der Waals surface area contributed by atoms with E-state index in [0.717, 1.165) is 18.2 Å². The molecule has 66 valence electrons. The molecule has 0 atom stereocenters. The van der Waals surface area contributed by atoms with Crippen LogP contribution in [0.3, 0.4) is 0 Å². The normalized spacial score (nSPS) is 9.00. The van der Waals surface area contributed by atoms with Crippen molar-refractivity contribution >= 4 is 11.4 Å². The summed E-state index contributed by atoms with van der Waals surface area (Å²) in [5.74, 6) is -0.809. The second kappa shape index (κ2) is 3.51. The Morgan fingerprint density at radius 1 is 1.54 bits per heavy atom. The number of rotatable bonds is 2. The van der Waals surface area contributed by atoms with Crippen LogP contribution in [0.25, 0.3) is 10.4 Å². The van der Waals surface area contributed by atoms with Gasteiger partial charge in [0.25, 0.3) is 5.69 Å². The molecule has 6 nitrogen and oxygen atoms in total. The highest BCUT2D eigenvalue weighted by molar-refractivity contribution is 5.47. The minimum Gasteiger partial charge on any atom is -0.258 e. The van der Waals surface area contributed by atoms with E-state index in [1.165, 1.54) is 0 Å². The van der Waals surface area contributed by atoms with Crippen LogP contribution in [0.5, 0.6) is 0 Å². The second-order valence-electron chi connectivity index (χ2n) is 2.11. The van der Waals surface area contributed by atoms with Crippen LogP contribution in [0.2, 0.25) is 0 Å². The van der Waals surface area contributed by atoms with Crippen molar-refractivity contribution in [2.24, 2.45) is 5.11 Å². The molecule has 0 aliphatic heterocycles. The predicted molar refractivity (Wildman–Crippen MR) is 41.9 cm³/mol. The molecule has 13 heavy (non-hydrogen) atoms. The summed E-state index contributed by atoms with van der Waals surface area (Å²) in [6.45, 7) is 0. The predicted octanol–water partition coefficient (Wildman–Crippen LogP) is 2.68. The van der Waals surface area contributed by atoms with Gasteiger partial charge in [0.1, 0.15) is 5.82 Å². The molecule has 0 bridgehead atoms. The fraction of sp³-hybridized carbons (Fsp3) is 0. The van der Waals surface area contributed by atoms with Crippen molar-refractivity contribution in [3.63, 3.8) is 0 Å². The molecule has 1 rings (SSSR count). The van der Waals surface area contributed by atoms with Gasteiger partial charge in [0, 0.05) is 16.7 Å². The molecular formula is C6H3FN4O2. The van der Waals surface area contributed by atoms with Crippen LogP contribution in [-0.4, -0.2) is 4.92 Å². The zero-order valence-electron chi connectivity index (χ0n) is 6.22. The van der Waals surface area contributed by atoms with E-state index >= 15 is 0 Å². The monoisotopic (exact) mass is 182 g/mol. The number of non-ortho nitro benzene ring substituents is 1. The van der Waals surface area contributed by atoms with Gasteiger partial charge in [-0.25, -0.2) is 4.39 Å². The largest absolute Gasteiger partial charge is 0.272 e. The minimum absolute atomic E-state index is 0.116. The van der Waals surface area contributed by atoms with Gasteiger partial charge >= 0.3 is 0 Å². The molecule has 0 radical (unpaired) electrons. The number of azide groups is 1. The number of halogens is 1. The first kappa shape index (κ1) is 8.95. The average Bonchev–Trinajstić information content (AvgIpc) is 2.03. The molecule has 7 heteroatoms. The van der Waals surface area contributed by atoms with Gasteiger partial charge in [0.2, 0.25) is 0 Å². The maximum atomic E-state index is 12.6. The van der Waals surface area contributed by atoms with Crippen molar-refractivity contribution in [3.05, 3.63) is 44.6 Å². The van der Waals surface area contributed by atoms with Gasteiger partial charge in [-0.15, -0.1) is 0 Å². The zero-order chi connectivity index (χ0) is 9.84. The summed E-state index contributed by atoms with van der Waals surface area (Å²) in [4.78, 5) is 11.8. The van der Waals surface area contributed by atoms with Gasteiger partial charge in [-0.05, 0) is 11.6 Å². The van der Waals surface area contributed by atoms with Gasteiger partial charge in [-0.3, -0.25) is 10.1 Å². The molecule has 0 aliphatic carbocycles. The fourth-order valence-electron chi connectivity index (χ4n) is 0.774. The van der Waals surface area contributed by atoms with Crippen LogP contribution in [0, 0.1) is 15.9 Å². The van der Waals surface area contributed by atoms with Gasteiger partial charge in [-0.2, -0.15) is 0 Å². The number of benzene rings is 1. The van der Waals surface area contributed by atoms with E-state index in [9.17, 15) is 14.5 Å². The van der Waals surface area contributed by atoms with E-state index in [1.54, 1.807) is 0 Å². The molecule has 0 amide bonds. The van der Waals surface area contributed by atoms with E-state index in [1.807, 2.05) is 0 Å². The number of hydrogen-bond acceptors (Lipinski definition) is 3. The first-order chi connectivity index (χ1) is 6.13. The van der Waals surface area contributed by atoms with Crippen LogP contribution in [0.15, 0.2) is 23.3 Å². The third-order valence-corrected chi connectivity index (χ3v) is 1.24. The third-order valence-electron chi connectivity index (χ3n) is 1.24. The Kier molecular flexibility index (Phi) is 2.41. The summed E-state index contributed by atoms with van der Waals surface area (Å²) >= 11 is 0. The molecule has 0 aromatic heterocycles. The maximum Gasteiger partial charge on any atom is 0.272 e. The van der Waals surface area contributed by atoms with Crippen molar-refractivity contribution in [1.29, 1.82) is 0 Å². The van der Waals surface area contributed by atoms with Crippen LogP contribution >= 0.6 is 0 Å². The summed E-state index contributed by atoms with van der Waals surface area (Å²) < 4.78 is 12.6. The van der Waals surface area contributed by atoms with Gasteiger partial charge in [0.05, 0.1) is 11.0 Å². The van der Waals surface area contributed by atoms with E-state index in [-0.39, 0.29) is 5.69 Å². The van der Waals surface area contributed by atoms with Crippen molar-refractivity contribution in [2.75, 3.05) is 0 Å². The second-order valence-corrected chi connectivity index (χ2v) is 2.11. The molecule has 0 spiro atoms. The molecule has 0 saturated heterocycles. The highest BCUT2D eigenvalue weighted by Gasteiger charge is 2.08. The highest BCUT2D eigenvalue weighted by atomic mass is 19.1. The van der Waals surface area contributed by atoms with E-state index < -0.39 is 16.4 Å². The van der Waals surface area contributed by atoms with Gasteiger partial charge in [0.15, 0.2) is 0 Å². The van der Waals surface area contributed by atoms with Crippen molar-refractivity contribution in [2.45, 2.75) is 0 Å². The average molecular weight is 182 g/mol. The number of nitro groups is 1.